The number of aliphatic hydroxyl groups excluding tert-OH is 1. The fourth-order valence-electron chi connectivity index (χ4n) is 1.52. The molecule has 1 fully saturated rings. The van der Waals surface area contributed by atoms with Crippen molar-refractivity contribution in [3.63, 3.8) is 0 Å². The van der Waals surface area contributed by atoms with E-state index in [1.54, 1.807) is 18.2 Å². The molecule has 1 aliphatic carbocycles. The number of nitriles is 1. The summed E-state index contributed by atoms with van der Waals surface area (Å²) in [6, 6.07) is 7.25. The zero-order chi connectivity index (χ0) is 10.9. The maximum absolute atomic E-state index is 9.17. The molecular formula is C11H13N3O. The molecule has 0 aromatic heterocycles. The molecule has 0 amide bonds. The number of hydrogen-bond donors (Lipinski definition) is 3. The Morgan fingerprint density at radius 1 is 1.53 bits per heavy atom. The summed E-state index contributed by atoms with van der Waals surface area (Å²) in [5.74, 6) is 0. The van der Waals surface area contributed by atoms with Crippen LogP contribution in [0.25, 0.3) is 0 Å². The van der Waals surface area contributed by atoms with E-state index in [0.717, 1.165) is 18.5 Å². The minimum absolute atomic E-state index is 0.0994. The van der Waals surface area contributed by atoms with Gasteiger partial charge in [0, 0.05) is 5.69 Å². The molecule has 2 rings (SSSR count). The van der Waals surface area contributed by atoms with Crippen LogP contribution in [-0.2, 0) is 0 Å². The topological polar surface area (TPSA) is 82.1 Å². The van der Waals surface area contributed by atoms with Gasteiger partial charge < -0.3 is 16.2 Å². The smallest absolute Gasteiger partial charge is 0.101 e. The first-order chi connectivity index (χ1) is 7.19. The molecule has 1 aliphatic rings. The molecule has 0 aliphatic heterocycles. The van der Waals surface area contributed by atoms with Crippen LogP contribution >= 0.6 is 0 Å². The summed E-state index contributed by atoms with van der Waals surface area (Å²) < 4.78 is 0. The number of aliphatic hydroxyl groups is 1. The first-order valence-electron chi connectivity index (χ1n) is 4.88. The Bertz CT molecular complexity index is 418. The normalized spacial score (nSPS) is 16.8. The van der Waals surface area contributed by atoms with Gasteiger partial charge in [-0.3, -0.25) is 0 Å². The molecule has 0 radical (unpaired) electrons. The predicted octanol–water partition coefficient (Wildman–Crippen LogP) is 1.08. The standard InChI is InChI=1S/C11H13N3O/c12-6-8-5-9(13)1-2-10(8)14-11(7-15)3-4-11/h1-2,5,14-15H,3-4,7,13H2. The van der Waals surface area contributed by atoms with E-state index in [1.165, 1.54) is 0 Å². The average Bonchev–Trinajstić information content (AvgIpc) is 3.01. The van der Waals surface area contributed by atoms with Crippen LogP contribution in [0, 0.1) is 11.3 Å². The van der Waals surface area contributed by atoms with Gasteiger partial charge in [0.1, 0.15) is 6.07 Å². The van der Waals surface area contributed by atoms with Crippen LogP contribution in [0.15, 0.2) is 18.2 Å². The van der Waals surface area contributed by atoms with Gasteiger partial charge in [-0.1, -0.05) is 0 Å². The second kappa shape index (κ2) is 3.44. The van der Waals surface area contributed by atoms with Crippen molar-refractivity contribution in [2.45, 2.75) is 18.4 Å². The van der Waals surface area contributed by atoms with Crippen LogP contribution in [0.2, 0.25) is 0 Å². The van der Waals surface area contributed by atoms with E-state index in [-0.39, 0.29) is 12.1 Å². The fraction of sp³-hybridized carbons (Fsp3) is 0.364. The molecule has 78 valence electrons. The highest BCUT2D eigenvalue weighted by Gasteiger charge is 2.42. The molecule has 15 heavy (non-hydrogen) atoms. The lowest BCUT2D eigenvalue weighted by Gasteiger charge is -2.16. The van der Waals surface area contributed by atoms with Gasteiger partial charge in [0.2, 0.25) is 0 Å². The van der Waals surface area contributed by atoms with E-state index >= 15 is 0 Å². The Morgan fingerprint density at radius 3 is 2.80 bits per heavy atom. The average molecular weight is 203 g/mol. The van der Waals surface area contributed by atoms with Crippen molar-refractivity contribution in [3.8, 4) is 6.07 Å². The number of benzene rings is 1. The molecule has 4 nitrogen and oxygen atoms in total. The SMILES string of the molecule is N#Cc1cc(N)ccc1NC1(CO)CC1. The van der Waals surface area contributed by atoms with Gasteiger partial charge in [-0.05, 0) is 31.0 Å². The molecule has 1 aromatic rings. The van der Waals surface area contributed by atoms with Crippen LogP contribution in [0.3, 0.4) is 0 Å². The van der Waals surface area contributed by atoms with E-state index in [4.69, 9.17) is 16.1 Å². The minimum atomic E-state index is -0.207. The molecule has 0 heterocycles. The number of nitrogens with zero attached hydrogens (tertiary/aromatic N) is 1. The molecule has 0 bridgehead atoms. The van der Waals surface area contributed by atoms with Gasteiger partial charge in [0.25, 0.3) is 0 Å². The molecule has 0 saturated heterocycles. The third-order valence-corrected chi connectivity index (χ3v) is 2.72. The summed E-state index contributed by atoms with van der Waals surface area (Å²) in [4.78, 5) is 0. The Balaban J connectivity index is 2.25. The number of nitrogen functional groups attached to an aromatic ring is 1. The largest absolute Gasteiger partial charge is 0.399 e. The number of nitrogens with one attached hydrogen (secondary N) is 1. The van der Waals surface area contributed by atoms with Gasteiger partial charge in [-0.15, -0.1) is 0 Å². The van der Waals surface area contributed by atoms with Crippen LogP contribution in [0.5, 0.6) is 0 Å². The number of hydrogen-bond acceptors (Lipinski definition) is 4. The second-order valence-electron chi connectivity index (χ2n) is 3.98. The van der Waals surface area contributed by atoms with Crippen molar-refractivity contribution in [1.29, 1.82) is 5.26 Å². The quantitative estimate of drug-likeness (QED) is 0.642. The van der Waals surface area contributed by atoms with Crippen LogP contribution in [0.1, 0.15) is 18.4 Å². The lowest BCUT2D eigenvalue weighted by molar-refractivity contribution is 0.266. The Morgan fingerprint density at radius 2 is 2.27 bits per heavy atom. The van der Waals surface area contributed by atoms with Crippen LogP contribution in [-0.4, -0.2) is 17.3 Å². The van der Waals surface area contributed by atoms with Crippen molar-refractivity contribution >= 4 is 11.4 Å². The van der Waals surface area contributed by atoms with Gasteiger partial charge in [-0.2, -0.15) is 5.26 Å². The van der Waals surface area contributed by atoms with Crippen molar-refractivity contribution in [2.24, 2.45) is 0 Å². The maximum Gasteiger partial charge on any atom is 0.101 e. The highest BCUT2D eigenvalue weighted by atomic mass is 16.3. The lowest BCUT2D eigenvalue weighted by atomic mass is 10.1. The molecule has 0 unspecified atom stereocenters. The molecule has 0 atom stereocenters. The molecule has 1 aromatic carbocycles. The van der Waals surface area contributed by atoms with Crippen LogP contribution in [0.4, 0.5) is 11.4 Å². The number of anilines is 2. The minimum Gasteiger partial charge on any atom is -0.399 e. The summed E-state index contributed by atoms with van der Waals surface area (Å²) in [6.45, 7) is 0.0994. The first kappa shape index (κ1) is 9.81. The fourth-order valence-corrected chi connectivity index (χ4v) is 1.52. The number of rotatable bonds is 3. The lowest BCUT2D eigenvalue weighted by Crippen LogP contribution is -2.26. The molecule has 0 spiro atoms. The molecule has 1 saturated carbocycles. The van der Waals surface area contributed by atoms with E-state index < -0.39 is 0 Å². The van der Waals surface area contributed by atoms with Gasteiger partial charge >= 0.3 is 0 Å². The molecule has 4 heteroatoms. The highest BCUT2D eigenvalue weighted by molar-refractivity contribution is 5.64. The zero-order valence-corrected chi connectivity index (χ0v) is 8.33. The molecule has 4 N–H and O–H groups in total. The van der Waals surface area contributed by atoms with E-state index in [9.17, 15) is 0 Å². The third kappa shape index (κ3) is 1.88. The zero-order valence-electron chi connectivity index (χ0n) is 8.33. The highest BCUT2D eigenvalue weighted by Crippen LogP contribution is 2.39. The summed E-state index contributed by atoms with van der Waals surface area (Å²) in [5.41, 5.74) is 7.23. The molecular weight excluding hydrogens is 190 g/mol. The summed E-state index contributed by atoms with van der Waals surface area (Å²) in [7, 11) is 0. The summed E-state index contributed by atoms with van der Waals surface area (Å²) >= 11 is 0. The predicted molar refractivity (Wildman–Crippen MR) is 58.2 cm³/mol. The monoisotopic (exact) mass is 203 g/mol. The van der Waals surface area contributed by atoms with E-state index in [2.05, 4.69) is 11.4 Å². The Kier molecular flexibility index (Phi) is 2.25. The van der Waals surface area contributed by atoms with Gasteiger partial charge in [0.05, 0.1) is 23.4 Å². The van der Waals surface area contributed by atoms with Crippen molar-refractivity contribution in [2.75, 3.05) is 17.7 Å². The summed E-state index contributed by atoms with van der Waals surface area (Å²) in [6.07, 6.45) is 1.89. The van der Waals surface area contributed by atoms with E-state index in [0.29, 0.717) is 11.3 Å². The first-order valence-corrected chi connectivity index (χ1v) is 4.88. The third-order valence-electron chi connectivity index (χ3n) is 2.72. The van der Waals surface area contributed by atoms with Gasteiger partial charge in [-0.25, -0.2) is 0 Å². The Hall–Kier alpha value is -1.73. The Labute approximate surface area is 88.3 Å². The van der Waals surface area contributed by atoms with Gasteiger partial charge in [0.15, 0.2) is 0 Å². The van der Waals surface area contributed by atoms with Crippen molar-refractivity contribution < 1.29 is 5.11 Å². The van der Waals surface area contributed by atoms with Crippen molar-refractivity contribution in [3.05, 3.63) is 23.8 Å². The van der Waals surface area contributed by atoms with Crippen molar-refractivity contribution in [1.82, 2.24) is 0 Å². The number of nitrogens with two attached hydrogens (primary N) is 1. The maximum atomic E-state index is 9.17. The van der Waals surface area contributed by atoms with Crippen LogP contribution < -0.4 is 11.1 Å². The van der Waals surface area contributed by atoms with E-state index in [1.807, 2.05) is 0 Å². The summed E-state index contributed by atoms with van der Waals surface area (Å²) in [5, 5.41) is 21.3. The second-order valence-corrected chi connectivity index (χ2v) is 3.98.